The van der Waals surface area contributed by atoms with Crippen LogP contribution >= 0.6 is 0 Å². The monoisotopic (exact) mass is 616 g/mol. The van der Waals surface area contributed by atoms with Crippen LogP contribution < -0.4 is 17.1 Å². The maximum Gasteiger partial charge on any atom is 0.402 e. The van der Waals surface area contributed by atoms with Crippen molar-refractivity contribution in [3.8, 4) is 40.1 Å². The molecule has 0 unspecified atom stereocenters. The quantitative estimate of drug-likeness (QED) is 0.0932. The molecule has 2 fully saturated rings. The minimum atomic E-state index is -1.80. The first-order valence-electron chi connectivity index (χ1n) is 12.4. The van der Waals surface area contributed by atoms with E-state index in [4.69, 9.17) is 23.4 Å². The van der Waals surface area contributed by atoms with Crippen LogP contribution in [0.15, 0.2) is 40.8 Å². The Morgan fingerprint density at radius 1 is 0.810 bits per heavy atom. The molecule has 42 heavy (non-hydrogen) atoms. The van der Waals surface area contributed by atoms with E-state index in [1.807, 2.05) is 0 Å². The molecule has 2 aliphatic heterocycles. The first-order valence-corrected chi connectivity index (χ1v) is 12.4. The maximum atomic E-state index is 10.9. The Morgan fingerprint density at radius 3 is 2.24 bits per heavy atom. The van der Waals surface area contributed by atoms with E-state index in [0.717, 1.165) is 12.1 Å². The van der Waals surface area contributed by atoms with Crippen molar-refractivity contribution in [2.75, 3.05) is 13.2 Å². The number of hydrogen-bond donors (Lipinski definition) is 10. The number of aliphatic hydroxyl groups is 6. The summed E-state index contributed by atoms with van der Waals surface area (Å²) in [7, 11) is 0. The van der Waals surface area contributed by atoms with Gasteiger partial charge in [0.15, 0.2) is 23.9 Å². The Kier molecular flexibility index (Phi) is 9.49. The first-order chi connectivity index (χ1) is 19.5. The molecule has 3 heterocycles. The lowest BCUT2D eigenvalue weighted by molar-refractivity contribution is -0.344. The number of benzene rings is 2. The van der Waals surface area contributed by atoms with Crippen molar-refractivity contribution in [2.24, 2.45) is 0 Å². The molecule has 0 amide bonds. The van der Waals surface area contributed by atoms with Gasteiger partial charge >= 0.3 is 11.3 Å². The van der Waals surface area contributed by atoms with Gasteiger partial charge < -0.3 is 82.4 Å². The van der Waals surface area contributed by atoms with Gasteiger partial charge in [-0.25, -0.2) is 4.42 Å². The Morgan fingerprint density at radius 2 is 1.55 bits per heavy atom. The van der Waals surface area contributed by atoms with Gasteiger partial charge in [0.05, 0.1) is 24.8 Å². The molecule has 2 aliphatic rings. The van der Waals surface area contributed by atoms with E-state index in [0.29, 0.717) is 0 Å². The van der Waals surface area contributed by atoms with Gasteiger partial charge in [0, 0.05) is 18.2 Å². The predicted molar refractivity (Wildman–Crippen MR) is 134 cm³/mol. The minimum Gasteiger partial charge on any atom is -1.00 e. The zero-order chi connectivity index (χ0) is 29.6. The molecule has 1 aromatic heterocycles. The fraction of sp³-hybridized carbons (Fsp3) is 0.423. The minimum absolute atomic E-state index is 0. The third-order valence-corrected chi connectivity index (χ3v) is 6.87. The van der Waals surface area contributed by atoms with E-state index in [-0.39, 0.29) is 46.2 Å². The molecule has 15 nitrogen and oxygen atoms in total. The Balaban J connectivity index is 0.00000405. The zero-order valence-electron chi connectivity index (χ0n) is 21.5. The van der Waals surface area contributed by atoms with Crippen LogP contribution in [0.3, 0.4) is 0 Å². The largest absolute Gasteiger partial charge is 1.00 e. The normalized spacial score (nSPS) is 31.4. The number of rotatable bonds is 6. The summed E-state index contributed by atoms with van der Waals surface area (Å²) in [5.74, 6) is -1.98. The van der Waals surface area contributed by atoms with E-state index in [1.165, 1.54) is 24.3 Å². The van der Waals surface area contributed by atoms with Crippen LogP contribution in [-0.2, 0) is 14.2 Å². The Bertz CT molecular complexity index is 1410. The summed E-state index contributed by atoms with van der Waals surface area (Å²) >= 11 is 0. The third-order valence-electron chi connectivity index (χ3n) is 6.87. The van der Waals surface area contributed by atoms with Gasteiger partial charge in [-0.05, 0) is 12.1 Å². The zero-order valence-corrected chi connectivity index (χ0v) is 22.2. The highest BCUT2D eigenvalue weighted by molar-refractivity contribution is 5.88. The van der Waals surface area contributed by atoms with Gasteiger partial charge in [0.1, 0.15) is 53.5 Å². The summed E-state index contributed by atoms with van der Waals surface area (Å²) in [5.41, 5.74) is 0.139. The summed E-state index contributed by atoms with van der Waals surface area (Å²) in [6.45, 7) is -1.18. The lowest BCUT2D eigenvalue weighted by Gasteiger charge is -2.44. The second-order valence-electron chi connectivity index (χ2n) is 9.70. The van der Waals surface area contributed by atoms with Gasteiger partial charge in [0.25, 0.3) is 0 Å². The number of aromatic hydroxyl groups is 4. The van der Waals surface area contributed by atoms with Crippen LogP contribution in [0.1, 0.15) is 0 Å². The third kappa shape index (κ3) is 5.97. The molecular formula is C26H29ClO15. The van der Waals surface area contributed by atoms with Crippen LogP contribution in [0.25, 0.3) is 22.3 Å². The average Bonchev–Trinajstić information content (AvgIpc) is 2.94. The number of halogens is 1. The Hall–Kier alpha value is -3.22. The SMILES string of the molecule is OC[C@@H]1O[C@@H](Oc2cc3c(O)cc(O)cc3[o+]c2-c2ccc(O)c(O)c2)[C@@H](O[C@H]2OC[C@H](O)[C@@H](O)[C@@H]2O)[C@H](O)[C@H]1O.[Cl-]. The highest BCUT2D eigenvalue weighted by Gasteiger charge is 2.50. The number of hydrogen-bond acceptors (Lipinski definition) is 14. The molecule has 0 radical (unpaired) electrons. The van der Waals surface area contributed by atoms with Crippen molar-refractivity contribution < 1.29 is 86.8 Å². The molecule has 0 bridgehead atoms. The van der Waals surface area contributed by atoms with Crippen molar-refractivity contribution in [3.63, 3.8) is 0 Å². The van der Waals surface area contributed by atoms with Gasteiger partial charge in [-0.1, -0.05) is 0 Å². The van der Waals surface area contributed by atoms with Crippen molar-refractivity contribution in [1.82, 2.24) is 0 Å². The van der Waals surface area contributed by atoms with E-state index >= 15 is 0 Å². The molecule has 2 aromatic carbocycles. The van der Waals surface area contributed by atoms with E-state index in [1.54, 1.807) is 0 Å². The fourth-order valence-electron chi connectivity index (χ4n) is 4.61. The van der Waals surface area contributed by atoms with Gasteiger partial charge in [-0.3, -0.25) is 0 Å². The van der Waals surface area contributed by atoms with Gasteiger partial charge in [-0.2, -0.15) is 0 Å². The highest BCUT2D eigenvalue weighted by atomic mass is 35.5. The van der Waals surface area contributed by atoms with Crippen molar-refractivity contribution in [2.45, 2.75) is 55.3 Å². The average molecular weight is 617 g/mol. The van der Waals surface area contributed by atoms with Gasteiger partial charge in [-0.15, -0.1) is 0 Å². The highest BCUT2D eigenvalue weighted by Crippen LogP contribution is 2.42. The number of fused-ring (bicyclic) bond motifs is 1. The second kappa shape index (κ2) is 12.6. The number of phenolic OH excluding ortho intramolecular Hbond substituents is 4. The molecule has 0 aliphatic carbocycles. The molecule has 2 saturated heterocycles. The van der Waals surface area contributed by atoms with Crippen molar-refractivity contribution in [1.29, 1.82) is 0 Å². The summed E-state index contributed by atoms with van der Waals surface area (Å²) in [4.78, 5) is 0. The molecule has 16 heteroatoms. The smallest absolute Gasteiger partial charge is 0.402 e. The molecule has 230 valence electrons. The maximum absolute atomic E-state index is 10.9. The number of ether oxygens (including phenoxy) is 4. The van der Waals surface area contributed by atoms with Crippen molar-refractivity contribution >= 4 is 11.0 Å². The predicted octanol–water partition coefficient (Wildman–Crippen LogP) is -4.15. The van der Waals surface area contributed by atoms with Crippen LogP contribution in [0.4, 0.5) is 0 Å². The Labute approximate surface area is 243 Å². The summed E-state index contributed by atoms with van der Waals surface area (Å²) < 4.78 is 28.5. The molecule has 0 spiro atoms. The number of aliphatic hydroxyl groups excluding tert-OH is 6. The molecule has 10 N–H and O–H groups in total. The summed E-state index contributed by atoms with van der Waals surface area (Å²) in [6, 6.07) is 7.19. The molecule has 9 atom stereocenters. The van der Waals surface area contributed by atoms with Crippen LogP contribution in [-0.4, -0.2) is 120 Å². The lowest BCUT2D eigenvalue weighted by Crippen LogP contribution is -3.00. The van der Waals surface area contributed by atoms with Crippen molar-refractivity contribution in [3.05, 3.63) is 36.4 Å². The molecule has 3 aromatic rings. The summed E-state index contributed by atoms with van der Waals surface area (Å²) in [6.07, 6.45) is -14.6. The first kappa shape index (κ1) is 31.7. The lowest BCUT2D eigenvalue weighted by atomic mass is 9.98. The molecular weight excluding hydrogens is 588 g/mol. The van der Waals surface area contributed by atoms with E-state index in [2.05, 4.69) is 0 Å². The van der Waals surface area contributed by atoms with Gasteiger partial charge in [0.2, 0.25) is 12.0 Å². The number of phenols is 4. The topological polar surface area (TPSA) is 251 Å². The standard InChI is InChI=1S/C26H28O15.ClH/c27-7-18-20(34)21(35)24(41-25-22(36)19(33)15(32)8-37-25)26(40-18)39-17-6-11-13(30)4-10(28)5-16(11)38-23(17)9-1-2-12(29)14(31)3-9;/h1-6,15,18-22,24-27,32-36H,7-8H2,(H3-,28,29,30,31);1H/t15-,18-,19+,20-,21+,22-,24-,25+,26+;/m0./s1. The molecule has 0 saturated carbocycles. The summed E-state index contributed by atoms with van der Waals surface area (Å²) in [5, 5.41) is 101. The van der Waals surface area contributed by atoms with E-state index in [9.17, 15) is 51.1 Å². The van der Waals surface area contributed by atoms with Crippen LogP contribution in [0.5, 0.6) is 28.7 Å². The van der Waals surface area contributed by atoms with Crippen LogP contribution in [0, 0.1) is 0 Å². The second-order valence-corrected chi connectivity index (χ2v) is 9.70. The van der Waals surface area contributed by atoms with E-state index < -0.39 is 85.8 Å². The van der Waals surface area contributed by atoms with Crippen LogP contribution in [0.2, 0.25) is 0 Å². The fourth-order valence-corrected chi connectivity index (χ4v) is 4.61. The molecule has 5 rings (SSSR count).